The number of ether oxygens (including phenoxy) is 3. The van der Waals surface area contributed by atoms with Crippen molar-refractivity contribution in [3.63, 3.8) is 0 Å². The third-order valence-corrected chi connectivity index (χ3v) is 11.1. The van der Waals surface area contributed by atoms with Crippen LogP contribution in [0.5, 0.6) is 11.5 Å². The van der Waals surface area contributed by atoms with Crippen LogP contribution in [0.1, 0.15) is 72.1 Å². The quantitative estimate of drug-likeness (QED) is 0.245. The fraction of sp³-hybridized carbons (Fsp3) is 0.683. The molecule has 4 fully saturated rings. The summed E-state index contributed by atoms with van der Waals surface area (Å²) in [5, 5.41) is 2.94. The van der Waals surface area contributed by atoms with Crippen LogP contribution in [-0.4, -0.2) is 124 Å². The minimum atomic E-state index is -4.46. The number of carbonyl (C=O) groups is 1. The first-order valence-electron chi connectivity index (χ1n) is 20.4. The molecule has 0 atom stereocenters. The van der Waals surface area contributed by atoms with Crippen molar-refractivity contribution in [3.05, 3.63) is 48.0 Å². The monoisotopic (exact) mass is 850 g/mol. The molecule has 2 aromatic rings. The number of benzene rings is 2. The van der Waals surface area contributed by atoms with Gasteiger partial charge < -0.3 is 35.1 Å². The molecule has 2 aromatic carbocycles. The van der Waals surface area contributed by atoms with E-state index in [2.05, 4.69) is 15.1 Å². The maximum atomic E-state index is 13.8. The molecule has 4 aliphatic rings. The van der Waals surface area contributed by atoms with Crippen molar-refractivity contribution in [2.45, 2.75) is 114 Å². The summed E-state index contributed by atoms with van der Waals surface area (Å²) in [7, 11) is 0. The number of halogens is 8. The molecule has 0 bridgehead atoms. The number of hydrogen-bond acceptors (Lipinski definition) is 9. The second-order valence-electron chi connectivity index (χ2n) is 16.8. The SMILES string of the molecule is CC(C)(C)OC(=O)NC1CCC(N2CCN(c3cc(F)ccc3OCC(F)(F)F)CC2)CC1.NC1CCC(N2CCN(c3cc(F)ccc3OCC(F)(F)F)CC2)CC1. The van der Waals surface area contributed by atoms with Crippen LogP contribution in [0.25, 0.3) is 0 Å². The van der Waals surface area contributed by atoms with Gasteiger partial charge in [0.05, 0.1) is 11.4 Å². The highest BCUT2D eigenvalue weighted by molar-refractivity contribution is 5.68. The molecule has 2 aliphatic carbocycles. The zero-order valence-corrected chi connectivity index (χ0v) is 34.0. The lowest BCUT2D eigenvalue weighted by Gasteiger charge is -2.43. The second-order valence-corrected chi connectivity index (χ2v) is 16.8. The summed E-state index contributed by atoms with van der Waals surface area (Å²) >= 11 is 0. The molecule has 3 N–H and O–H groups in total. The van der Waals surface area contributed by atoms with Gasteiger partial charge in [-0.2, -0.15) is 26.3 Å². The predicted octanol–water partition coefficient (Wildman–Crippen LogP) is 7.88. The third kappa shape index (κ3) is 15.0. The van der Waals surface area contributed by atoms with E-state index in [4.69, 9.17) is 19.9 Å². The lowest BCUT2D eigenvalue weighted by atomic mass is 9.90. The number of hydrogen-bond donors (Lipinski definition) is 2. The Balaban J connectivity index is 0.000000230. The average Bonchev–Trinajstić information content (AvgIpc) is 3.16. The summed E-state index contributed by atoms with van der Waals surface area (Å²) in [6.07, 6.45) is -1.42. The molecule has 2 aliphatic heterocycles. The molecule has 0 unspecified atom stereocenters. The zero-order valence-electron chi connectivity index (χ0n) is 34.0. The Hall–Kier alpha value is -3.77. The first kappa shape index (κ1) is 46.3. The second kappa shape index (κ2) is 20.2. The number of nitrogens with zero attached hydrogens (tertiary/aromatic N) is 4. The lowest BCUT2D eigenvalue weighted by Crippen LogP contribution is -2.52. The molecule has 0 aromatic heterocycles. The molecule has 2 saturated heterocycles. The Morgan fingerprint density at radius 3 is 1.41 bits per heavy atom. The number of nitrogens with two attached hydrogens (primary N) is 1. The number of carbonyl (C=O) groups excluding carboxylic acids is 1. The number of anilines is 2. The van der Waals surface area contributed by atoms with E-state index in [1.54, 1.807) is 0 Å². The molecule has 0 spiro atoms. The van der Waals surface area contributed by atoms with E-state index < -0.39 is 48.9 Å². The highest BCUT2D eigenvalue weighted by Crippen LogP contribution is 2.34. The molecule has 2 saturated carbocycles. The van der Waals surface area contributed by atoms with E-state index >= 15 is 0 Å². The number of nitrogens with one attached hydrogen (secondary N) is 1. The van der Waals surface area contributed by atoms with Gasteiger partial charge in [0.2, 0.25) is 0 Å². The van der Waals surface area contributed by atoms with Crippen LogP contribution in [0, 0.1) is 11.6 Å². The van der Waals surface area contributed by atoms with Crippen LogP contribution >= 0.6 is 0 Å². The third-order valence-electron chi connectivity index (χ3n) is 11.1. The Bertz CT molecular complexity index is 1630. The standard InChI is InChI=1S/C23H33F4N3O3.C18H25F4N3O/c1-22(2,3)33-21(31)28-17-5-7-18(8-6-17)29-10-12-30(13-11-29)19-14-16(24)4-9-20(19)32-15-23(25,26)27;19-13-1-6-17(26-12-18(20,21)22)16(11-13)25-9-7-24(8-10-25)15-4-2-14(23)3-5-15/h4,9,14,17-18H,5-8,10-13,15H2,1-3H3,(H,28,31);1,6,11,14-15H,2-5,7-10,12,23H2. The zero-order chi connectivity index (χ0) is 43.0. The highest BCUT2D eigenvalue weighted by Gasteiger charge is 2.34. The van der Waals surface area contributed by atoms with Crippen molar-refractivity contribution in [3.8, 4) is 11.5 Å². The number of rotatable bonds is 9. The normalized spacial score (nSPS) is 23.9. The van der Waals surface area contributed by atoms with Gasteiger partial charge in [0, 0.05) is 88.7 Å². The molecule has 18 heteroatoms. The number of alkyl halides is 6. The van der Waals surface area contributed by atoms with Crippen LogP contribution in [0.15, 0.2) is 36.4 Å². The van der Waals surface area contributed by atoms with Crippen molar-refractivity contribution in [1.29, 1.82) is 0 Å². The van der Waals surface area contributed by atoms with Gasteiger partial charge in [0.25, 0.3) is 0 Å². The van der Waals surface area contributed by atoms with Gasteiger partial charge in [-0.3, -0.25) is 9.80 Å². The van der Waals surface area contributed by atoms with Gasteiger partial charge in [0.1, 0.15) is 28.7 Å². The predicted molar refractivity (Wildman–Crippen MR) is 209 cm³/mol. The van der Waals surface area contributed by atoms with Crippen molar-refractivity contribution >= 4 is 17.5 Å². The van der Waals surface area contributed by atoms with Crippen molar-refractivity contribution in [2.24, 2.45) is 5.73 Å². The molecule has 2 heterocycles. The Morgan fingerprint density at radius 1 is 0.644 bits per heavy atom. The molecule has 10 nitrogen and oxygen atoms in total. The summed E-state index contributed by atoms with van der Waals surface area (Å²) in [6.45, 7) is 8.17. The first-order chi connectivity index (χ1) is 27.7. The Kier molecular flexibility index (Phi) is 15.8. The minimum Gasteiger partial charge on any atom is -0.482 e. The van der Waals surface area contributed by atoms with Crippen LogP contribution in [0.4, 0.5) is 51.3 Å². The molecule has 332 valence electrons. The molecule has 6 rings (SSSR count). The maximum absolute atomic E-state index is 13.8. The lowest BCUT2D eigenvalue weighted by molar-refractivity contribution is -0.154. The van der Waals surface area contributed by atoms with Gasteiger partial charge in [-0.05, 0) is 96.4 Å². The van der Waals surface area contributed by atoms with Gasteiger partial charge in [-0.1, -0.05) is 0 Å². The number of alkyl carbamates (subject to hydrolysis) is 1. The van der Waals surface area contributed by atoms with E-state index in [1.165, 1.54) is 24.3 Å². The topological polar surface area (TPSA) is 95.8 Å². The van der Waals surface area contributed by atoms with E-state index in [1.807, 2.05) is 30.6 Å². The van der Waals surface area contributed by atoms with Crippen molar-refractivity contribution < 1.29 is 54.1 Å². The van der Waals surface area contributed by atoms with Crippen LogP contribution < -0.4 is 30.3 Å². The first-order valence-corrected chi connectivity index (χ1v) is 20.4. The molecule has 59 heavy (non-hydrogen) atoms. The summed E-state index contributed by atoms with van der Waals surface area (Å²) in [6, 6.07) is 8.53. The Labute approximate surface area is 341 Å². The van der Waals surface area contributed by atoms with E-state index in [0.717, 1.165) is 89.7 Å². The number of amides is 1. The summed E-state index contributed by atoms with van der Waals surface area (Å²) in [5.74, 6) is -0.887. The Morgan fingerprint density at radius 2 is 1.03 bits per heavy atom. The van der Waals surface area contributed by atoms with Gasteiger partial charge in [-0.25, -0.2) is 13.6 Å². The molecular weight excluding hydrogens is 792 g/mol. The summed E-state index contributed by atoms with van der Waals surface area (Å²) in [4.78, 5) is 20.5. The number of piperazine rings is 2. The summed E-state index contributed by atoms with van der Waals surface area (Å²) < 4.78 is 118. The minimum absolute atomic E-state index is 0.0379. The molecular formula is C41H58F8N6O4. The van der Waals surface area contributed by atoms with E-state index in [-0.39, 0.29) is 17.5 Å². The van der Waals surface area contributed by atoms with E-state index in [9.17, 15) is 39.9 Å². The van der Waals surface area contributed by atoms with Crippen molar-refractivity contribution in [2.75, 3.05) is 75.4 Å². The smallest absolute Gasteiger partial charge is 0.422 e. The average molecular weight is 851 g/mol. The largest absolute Gasteiger partial charge is 0.482 e. The van der Waals surface area contributed by atoms with Gasteiger partial charge >= 0.3 is 18.4 Å². The van der Waals surface area contributed by atoms with Crippen LogP contribution in [0.3, 0.4) is 0 Å². The highest BCUT2D eigenvalue weighted by atomic mass is 19.4. The summed E-state index contributed by atoms with van der Waals surface area (Å²) in [5.41, 5.74) is 6.17. The fourth-order valence-electron chi connectivity index (χ4n) is 8.22. The van der Waals surface area contributed by atoms with Gasteiger partial charge in [-0.15, -0.1) is 0 Å². The van der Waals surface area contributed by atoms with Crippen LogP contribution in [-0.2, 0) is 4.74 Å². The van der Waals surface area contributed by atoms with Crippen molar-refractivity contribution in [1.82, 2.24) is 15.1 Å². The van der Waals surface area contributed by atoms with E-state index in [0.29, 0.717) is 55.7 Å². The van der Waals surface area contributed by atoms with Crippen LogP contribution in [0.2, 0.25) is 0 Å². The fourth-order valence-corrected chi connectivity index (χ4v) is 8.22. The van der Waals surface area contributed by atoms with Gasteiger partial charge in [0.15, 0.2) is 13.2 Å². The molecule has 0 radical (unpaired) electrons. The molecule has 1 amide bonds. The maximum Gasteiger partial charge on any atom is 0.422 e.